The van der Waals surface area contributed by atoms with Gasteiger partial charge in [-0.2, -0.15) is 0 Å². The van der Waals surface area contributed by atoms with Gasteiger partial charge >= 0.3 is 0 Å². The van der Waals surface area contributed by atoms with E-state index < -0.39 is 5.60 Å². The van der Waals surface area contributed by atoms with Gasteiger partial charge in [0.1, 0.15) is 5.60 Å². The number of piperidine rings is 1. The average molecular weight is 249 g/mol. The highest BCUT2D eigenvalue weighted by molar-refractivity contribution is 5.86. The van der Waals surface area contributed by atoms with Gasteiger partial charge in [-0.1, -0.05) is 0 Å². The minimum Gasteiger partial charge on any atom is -0.368 e. The fourth-order valence-corrected chi connectivity index (χ4v) is 2.28. The number of carbonyl (C=O) groups excluding carboxylic acids is 1. The predicted molar refractivity (Wildman–Crippen MR) is 64.9 cm³/mol. The maximum atomic E-state index is 12.3. The van der Waals surface area contributed by atoms with Crippen molar-refractivity contribution in [3.8, 4) is 0 Å². The molecule has 1 aliphatic carbocycles. The molecule has 2 aliphatic rings. The third-order valence-electron chi connectivity index (χ3n) is 3.61. The minimum atomic E-state index is -0.553. The number of carbonyl (C=O) groups is 1. The van der Waals surface area contributed by atoms with Crippen LogP contribution < -0.4 is 5.32 Å². The molecule has 1 heterocycles. The van der Waals surface area contributed by atoms with E-state index in [4.69, 9.17) is 4.74 Å². The van der Waals surface area contributed by atoms with E-state index in [-0.39, 0.29) is 18.3 Å². The molecule has 1 saturated heterocycles. The smallest absolute Gasteiger partial charge is 0.254 e. The monoisotopic (exact) mass is 248 g/mol. The number of hydrogen-bond acceptors (Lipinski definition) is 3. The first kappa shape index (κ1) is 13.7. The van der Waals surface area contributed by atoms with Gasteiger partial charge in [-0.3, -0.25) is 4.79 Å². The van der Waals surface area contributed by atoms with Crippen LogP contribution in [0.4, 0.5) is 0 Å². The van der Waals surface area contributed by atoms with Crippen LogP contribution in [0.15, 0.2) is 0 Å². The number of likely N-dealkylation sites (N-methyl/N-ethyl adjacent to an activating group) is 1. The van der Waals surface area contributed by atoms with Crippen molar-refractivity contribution in [1.29, 1.82) is 0 Å². The van der Waals surface area contributed by atoms with E-state index in [0.717, 1.165) is 38.8 Å². The summed E-state index contributed by atoms with van der Waals surface area (Å²) in [5.41, 5.74) is -0.553. The molecule has 4 nitrogen and oxygen atoms in total. The molecule has 1 aliphatic heterocycles. The van der Waals surface area contributed by atoms with E-state index >= 15 is 0 Å². The fourth-order valence-electron chi connectivity index (χ4n) is 2.28. The van der Waals surface area contributed by atoms with E-state index in [9.17, 15) is 4.79 Å². The van der Waals surface area contributed by atoms with Gasteiger partial charge in [-0.15, -0.1) is 12.4 Å². The van der Waals surface area contributed by atoms with Crippen LogP contribution in [-0.2, 0) is 9.53 Å². The van der Waals surface area contributed by atoms with Crippen molar-refractivity contribution in [2.45, 2.75) is 37.3 Å². The number of ether oxygens (including phenoxy) is 1. The standard InChI is InChI=1S/C11H20N2O2.ClH/c1-13(9-3-4-9)10(14)11(15-2)5-7-12-8-6-11;/h9,12H,3-8H2,1-2H3;1H. The van der Waals surface area contributed by atoms with Gasteiger partial charge in [0.25, 0.3) is 5.91 Å². The van der Waals surface area contributed by atoms with Gasteiger partial charge in [-0.25, -0.2) is 0 Å². The second-order valence-corrected chi connectivity index (χ2v) is 4.60. The molecule has 2 rings (SSSR count). The summed E-state index contributed by atoms with van der Waals surface area (Å²) in [6.45, 7) is 1.75. The summed E-state index contributed by atoms with van der Waals surface area (Å²) in [6.07, 6.45) is 3.89. The maximum absolute atomic E-state index is 12.3. The van der Waals surface area contributed by atoms with E-state index in [0.29, 0.717) is 6.04 Å². The van der Waals surface area contributed by atoms with Gasteiger partial charge in [0.15, 0.2) is 0 Å². The molecule has 0 radical (unpaired) electrons. The molecule has 0 bridgehead atoms. The zero-order valence-electron chi connectivity index (χ0n) is 9.99. The Morgan fingerprint density at radius 3 is 2.38 bits per heavy atom. The molecule has 0 aromatic heterocycles. The Labute approximate surface area is 103 Å². The molecular weight excluding hydrogens is 228 g/mol. The molecule has 94 valence electrons. The van der Waals surface area contributed by atoms with Crippen molar-refractivity contribution in [3.63, 3.8) is 0 Å². The Hall–Kier alpha value is -0.320. The Balaban J connectivity index is 0.00000128. The Morgan fingerprint density at radius 1 is 1.38 bits per heavy atom. The van der Waals surface area contributed by atoms with E-state index in [1.807, 2.05) is 11.9 Å². The van der Waals surface area contributed by atoms with E-state index in [1.54, 1.807) is 7.11 Å². The van der Waals surface area contributed by atoms with Gasteiger partial charge in [0.2, 0.25) is 0 Å². The zero-order chi connectivity index (χ0) is 10.9. The maximum Gasteiger partial charge on any atom is 0.254 e. The summed E-state index contributed by atoms with van der Waals surface area (Å²) in [4.78, 5) is 14.2. The van der Waals surface area contributed by atoms with Crippen molar-refractivity contribution < 1.29 is 9.53 Å². The molecule has 5 heteroatoms. The third kappa shape index (κ3) is 2.50. The second-order valence-electron chi connectivity index (χ2n) is 4.60. The van der Waals surface area contributed by atoms with Crippen LogP contribution in [0.5, 0.6) is 0 Å². The van der Waals surface area contributed by atoms with Crippen LogP contribution in [0, 0.1) is 0 Å². The van der Waals surface area contributed by atoms with E-state index in [1.165, 1.54) is 0 Å². The first-order valence-electron chi connectivity index (χ1n) is 5.73. The summed E-state index contributed by atoms with van der Waals surface area (Å²) >= 11 is 0. The van der Waals surface area contributed by atoms with Crippen molar-refractivity contribution >= 4 is 18.3 Å². The fraction of sp³-hybridized carbons (Fsp3) is 0.909. The summed E-state index contributed by atoms with van der Waals surface area (Å²) < 4.78 is 5.51. The molecule has 16 heavy (non-hydrogen) atoms. The highest BCUT2D eigenvalue weighted by Crippen LogP contribution is 2.31. The van der Waals surface area contributed by atoms with Crippen LogP contribution in [0.3, 0.4) is 0 Å². The Bertz CT molecular complexity index is 250. The first-order chi connectivity index (χ1) is 7.19. The molecule has 0 unspecified atom stereocenters. The summed E-state index contributed by atoms with van der Waals surface area (Å²) in [7, 11) is 3.56. The number of nitrogens with zero attached hydrogens (tertiary/aromatic N) is 1. The topological polar surface area (TPSA) is 41.6 Å². The molecule has 0 spiro atoms. The molecule has 0 atom stereocenters. The largest absolute Gasteiger partial charge is 0.368 e. The van der Waals surface area contributed by atoms with Crippen molar-refractivity contribution in [2.75, 3.05) is 27.2 Å². The van der Waals surface area contributed by atoms with Gasteiger partial charge in [-0.05, 0) is 38.8 Å². The minimum absolute atomic E-state index is 0. The highest BCUT2D eigenvalue weighted by Gasteiger charge is 2.44. The zero-order valence-corrected chi connectivity index (χ0v) is 10.8. The number of nitrogens with one attached hydrogen (secondary N) is 1. The molecule has 2 fully saturated rings. The lowest BCUT2D eigenvalue weighted by Gasteiger charge is -2.37. The average Bonchev–Trinajstić information content (AvgIpc) is 3.12. The third-order valence-corrected chi connectivity index (χ3v) is 3.61. The molecule has 1 saturated carbocycles. The summed E-state index contributed by atoms with van der Waals surface area (Å²) in [5, 5.41) is 3.26. The van der Waals surface area contributed by atoms with Gasteiger partial charge < -0.3 is 15.0 Å². The summed E-state index contributed by atoms with van der Waals surface area (Å²) in [6, 6.07) is 0.472. The molecule has 0 aromatic carbocycles. The molecular formula is C11H21ClN2O2. The SMILES string of the molecule is COC1(C(=O)N(C)C2CC2)CCNCC1.Cl. The number of rotatable bonds is 3. The van der Waals surface area contributed by atoms with Crippen molar-refractivity contribution in [1.82, 2.24) is 10.2 Å². The van der Waals surface area contributed by atoms with Crippen molar-refractivity contribution in [2.24, 2.45) is 0 Å². The van der Waals surface area contributed by atoms with Crippen LogP contribution in [-0.4, -0.2) is 49.7 Å². The van der Waals surface area contributed by atoms with Crippen LogP contribution in [0.25, 0.3) is 0 Å². The summed E-state index contributed by atoms with van der Waals surface area (Å²) in [5.74, 6) is 0.175. The normalized spacial score (nSPS) is 23.4. The number of halogens is 1. The Kier molecular flexibility index (Phi) is 4.59. The first-order valence-corrected chi connectivity index (χ1v) is 5.73. The van der Waals surface area contributed by atoms with E-state index in [2.05, 4.69) is 5.32 Å². The van der Waals surface area contributed by atoms with Crippen LogP contribution in [0.1, 0.15) is 25.7 Å². The number of methoxy groups -OCH3 is 1. The lowest BCUT2D eigenvalue weighted by Crippen LogP contribution is -2.54. The number of hydrogen-bond donors (Lipinski definition) is 1. The quantitative estimate of drug-likeness (QED) is 0.803. The Morgan fingerprint density at radius 2 is 1.94 bits per heavy atom. The van der Waals surface area contributed by atoms with Crippen LogP contribution in [0.2, 0.25) is 0 Å². The van der Waals surface area contributed by atoms with Crippen molar-refractivity contribution in [3.05, 3.63) is 0 Å². The molecule has 0 aromatic rings. The van der Waals surface area contributed by atoms with Crippen LogP contribution >= 0.6 is 12.4 Å². The van der Waals surface area contributed by atoms with Gasteiger partial charge in [0.05, 0.1) is 0 Å². The highest BCUT2D eigenvalue weighted by atomic mass is 35.5. The molecule has 1 amide bonds. The lowest BCUT2D eigenvalue weighted by atomic mass is 9.90. The second kappa shape index (κ2) is 5.34. The lowest BCUT2D eigenvalue weighted by molar-refractivity contribution is -0.157. The van der Waals surface area contributed by atoms with Gasteiger partial charge in [0, 0.05) is 20.2 Å². The number of amides is 1. The predicted octanol–water partition coefficient (Wildman–Crippen LogP) is 0.798. The molecule has 1 N–H and O–H groups in total.